The molecule has 19 heavy (non-hydrogen) atoms. The highest BCUT2D eigenvalue weighted by atomic mass is 35.5. The van der Waals surface area contributed by atoms with Crippen molar-refractivity contribution in [1.29, 1.82) is 0 Å². The van der Waals surface area contributed by atoms with E-state index in [0.717, 1.165) is 48.2 Å². The summed E-state index contributed by atoms with van der Waals surface area (Å²) in [6, 6.07) is 2.00. The van der Waals surface area contributed by atoms with E-state index in [9.17, 15) is 0 Å². The Morgan fingerprint density at radius 2 is 2.00 bits per heavy atom. The number of rotatable bonds is 2. The SMILES string of the molecule is CN1CCN(c2cc(Cl)cn3cc(CN)nc23)CC1. The fourth-order valence-corrected chi connectivity index (χ4v) is 2.68. The molecule has 0 spiro atoms. The van der Waals surface area contributed by atoms with Crippen LogP contribution in [0.15, 0.2) is 18.5 Å². The van der Waals surface area contributed by atoms with Crippen LogP contribution in [0.5, 0.6) is 0 Å². The molecule has 1 aliphatic heterocycles. The average molecular weight is 280 g/mol. The van der Waals surface area contributed by atoms with Crippen molar-refractivity contribution < 1.29 is 0 Å². The number of nitrogens with zero attached hydrogens (tertiary/aromatic N) is 4. The smallest absolute Gasteiger partial charge is 0.160 e. The summed E-state index contributed by atoms with van der Waals surface area (Å²) in [6.45, 7) is 4.56. The third kappa shape index (κ3) is 2.41. The molecule has 1 saturated heterocycles. The Bertz CT molecular complexity index is 586. The summed E-state index contributed by atoms with van der Waals surface area (Å²) >= 11 is 6.21. The van der Waals surface area contributed by atoms with Gasteiger partial charge in [-0.2, -0.15) is 0 Å². The van der Waals surface area contributed by atoms with Crippen LogP contribution in [-0.4, -0.2) is 47.5 Å². The van der Waals surface area contributed by atoms with Gasteiger partial charge in [0.05, 0.1) is 16.4 Å². The van der Waals surface area contributed by atoms with E-state index in [4.69, 9.17) is 17.3 Å². The minimum absolute atomic E-state index is 0.446. The number of hydrogen-bond acceptors (Lipinski definition) is 4. The Hall–Kier alpha value is -1.30. The molecule has 3 rings (SSSR count). The molecule has 2 aromatic rings. The summed E-state index contributed by atoms with van der Waals surface area (Å²) < 4.78 is 1.97. The third-order valence-electron chi connectivity index (χ3n) is 3.60. The Balaban J connectivity index is 2.03. The van der Waals surface area contributed by atoms with Gasteiger partial charge in [0.1, 0.15) is 0 Å². The molecule has 0 radical (unpaired) electrons. The number of pyridine rings is 1. The molecule has 2 aromatic heterocycles. The van der Waals surface area contributed by atoms with Crippen LogP contribution in [-0.2, 0) is 6.54 Å². The fourth-order valence-electron chi connectivity index (χ4n) is 2.48. The largest absolute Gasteiger partial charge is 0.366 e. The van der Waals surface area contributed by atoms with Crippen molar-refractivity contribution in [2.45, 2.75) is 6.54 Å². The summed E-state index contributed by atoms with van der Waals surface area (Å²) in [4.78, 5) is 9.26. The van der Waals surface area contributed by atoms with Crippen molar-refractivity contribution in [2.24, 2.45) is 5.73 Å². The molecular weight excluding hydrogens is 262 g/mol. The summed E-state index contributed by atoms with van der Waals surface area (Å²) in [6.07, 6.45) is 3.82. The first-order valence-electron chi connectivity index (χ1n) is 6.48. The molecule has 0 unspecified atom stereocenters. The first-order valence-corrected chi connectivity index (χ1v) is 6.86. The van der Waals surface area contributed by atoms with Crippen molar-refractivity contribution >= 4 is 22.9 Å². The number of likely N-dealkylation sites (N-methyl/N-ethyl adjacent to an activating group) is 1. The molecule has 0 atom stereocenters. The van der Waals surface area contributed by atoms with Crippen LogP contribution in [0.3, 0.4) is 0 Å². The number of fused-ring (bicyclic) bond motifs is 1. The lowest BCUT2D eigenvalue weighted by Gasteiger charge is -2.34. The van der Waals surface area contributed by atoms with Gasteiger partial charge in [-0.05, 0) is 13.1 Å². The van der Waals surface area contributed by atoms with Gasteiger partial charge in [-0.15, -0.1) is 0 Å². The molecule has 2 N–H and O–H groups in total. The minimum Gasteiger partial charge on any atom is -0.366 e. The highest BCUT2D eigenvalue weighted by molar-refractivity contribution is 6.30. The molecule has 0 aliphatic carbocycles. The van der Waals surface area contributed by atoms with Crippen molar-refractivity contribution in [2.75, 3.05) is 38.1 Å². The number of hydrogen-bond donors (Lipinski definition) is 1. The van der Waals surface area contributed by atoms with Crippen LogP contribution >= 0.6 is 11.6 Å². The van der Waals surface area contributed by atoms with Crippen LogP contribution in [0.25, 0.3) is 5.65 Å². The molecule has 6 heteroatoms. The van der Waals surface area contributed by atoms with Crippen molar-refractivity contribution in [3.8, 4) is 0 Å². The van der Waals surface area contributed by atoms with Crippen molar-refractivity contribution in [3.05, 3.63) is 29.2 Å². The number of halogens is 1. The van der Waals surface area contributed by atoms with Gasteiger partial charge in [0.15, 0.2) is 5.65 Å². The van der Waals surface area contributed by atoms with E-state index in [2.05, 4.69) is 21.8 Å². The summed E-state index contributed by atoms with van der Waals surface area (Å²) in [5.41, 5.74) is 8.59. The Labute approximate surface area is 117 Å². The molecule has 0 saturated carbocycles. The zero-order valence-electron chi connectivity index (χ0n) is 11.0. The van der Waals surface area contributed by atoms with E-state index in [0.29, 0.717) is 6.54 Å². The second kappa shape index (κ2) is 5.00. The first-order chi connectivity index (χ1) is 9.17. The standard InChI is InChI=1S/C13H18ClN5/c1-17-2-4-18(5-3-17)12-6-10(14)8-19-9-11(7-15)16-13(12)19/h6,8-9H,2-5,7,15H2,1H3. The second-order valence-electron chi connectivity index (χ2n) is 5.00. The number of aromatic nitrogens is 2. The molecule has 3 heterocycles. The zero-order chi connectivity index (χ0) is 13.4. The van der Waals surface area contributed by atoms with E-state index in [-0.39, 0.29) is 0 Å². The normalized spacial score (nSPS) is 17.3. The Morgan fingerprint density at radius 1 is 1.26 bits per heavy atom. The summed E-state index contributed by atoms with van der Waals surface area (Å²) in [7, 11) is 2.15. The molecule has 0 bridgehead atoms. The topological polar surface area (TPSA) is 49.8 Å². The van der Waals surface area contributed by atoms with E-state index in [1.807, 2.05) is 22.9 Å². The quantitative estimate of drug-likeness (QED) is 0.897. The number of anilines is 1. The highest BCUT2D eigenvalue weighted by Crippen LogP contribution is 2.26. The fraction of sp³-hybridized carbons (Fsp3) is 0.462. The molecule has 0 aromatic carbocycles. The van der Waals surface area contributed by atoms with Gasteiger partial charge in [0, 0.05) is 45.1 Å². The van der Waals surface area contributed by atoms with Crippen LogP contribution in [0, 0.1) is 0 Å². The van der Waals surface area contributed by atoms with E-state index < -0.39 is 0 Å². The van der Waals surface area contributed by atoms with Gasteiger partial charge in [-0.1, -0.05) is 11.6 Å². The lowest BCUT2D eigenvalue weighted by atomic mass is 10.3. The first kappa shape index (κ1) is 12.7. The van der Waals surface area contributed by atoms with Gasteiger partial charge >= 0.3 is 0 Å². The number of nitrogens with two attached hydrogens (primary N) is 1. The number of imidazole rings is 1. The van der Waals surface area contributed by atoms with Crippen LogP contribution in [0.4, 0.5) is 5.69 Å². The van der Waals surface area contributed by atoms with Gasteiger partial charge in [-0.3, -0.25) is 0 Å². The van der Waals surface area contributed by atoms with Crippen molar-refractivity contribution in [3.63, 3.8) is 0 Å². The molecule has 5 nitrogen and oxygen atoms in total. The monoisotopic (exact) mass is 279 g/mol. The number of piperazine rings is 1. The molecule has 1 fully saturated rings. The van der Waals surface area contributed by atoms with E-state index in [1.165, 1.54) is 0 Å². The highest BCUT2D eigenvalue weighted by Gasteiger charge is 2.18. The average Bonchev–Trinajstić information content (AvgIpc) is 2.81. The van der Waals surface area contributed by atoms with Crippen LogP contribution in [0.2, 0.25) is 5.02 Å². The van der Waals surface area contributed by atoms with E-state index in [1.54, 1.807) is 0 Å². The maximum Gasteiger partial charge on any atom is 0.160 e. The second-order valence-corrected chi connectivity index (χ2v) is 5.44. The van der Waals surface area contributed by atoms with Crippen molar-refractivity contribution in [1.82, 2.24) is 14.3 Å². The minimum atomic E-state index is 0.446. The lowest BCUT2D eigenvalue weighted by Crippen LogP contribution is -2.44. The van der Waals surface area contributed by atoms with Crippen LogP contribution in [0.1, 0.15) is 5.69 Å². The Morgan fingerprint density at radius 3 is 2.68 bits per heavy atom. The van der Waals surface area contributed by atoms with E-state index >= 15 is 0 Å². The predicted octanol–water partition coefficient (Wildman–Crippen LogP) is 1.20. The predicted molar refractivity (Wildman–Crippen MR) is 77.8 cm³/mol. The van der Waals surface area contributed by atoms with Crippen LogP contribution < -0.4 is 10.6 Å². The van der Waals surface area contributed by atoms with Gasteiger partial charge in [0.25, 0.3) is 0 Å². The third-order valence-corrected chi connectivity index (χ3v) is 3.81. The molecule has 102 valence electrons. The van der Waals surface area contributed by atoms with Gasteiger partial charge in [0.2, 0.25) is 0 Å². The van der Waals surface area contributed by atoms with Gasteiger partial charge < -0.3 is 19.9 Å². The maximum absolute atomic E-state index is 6.21. The van der Waals surface area contributed by atoms with Gasteiger partial charge in [-0.25, -0.2) is 4.98 Å². The maximum atomic E-state index is 6.21. The lowest BCUT2D eigenvalue weighted by molar-refractivity contribution is 0.313. The molecule has 1 aliphatic rings. The molecular formula is C13H18ClN5. The summed E-state index contributed by atoms with van der Waals surface area (Å²) in [5, 5.41) is 0.724. The zero-order valence-corrected chi connectivity index (χ0v) is 11.8. The molecule has 0 amide bonds. The summed E-state index contributed by atoms with van der Waals surface area (Å²) in [5.74, 6) is 0. The Kier molecular flexibility index (Phi) is 3.35.